The molecule has 1 aromatic heterocycles. The first-order valence-corrected chi connectivity index (χ1v) is 21.9. The molecule has 11 aromatic carbocycles. The Kier molecular flexibility index (Phi) is 7.07. The summed E-state index contributed by atoms with van der Waals surface area (Å²) in [4.78, 5) is 2.55. The molecule has 1 heterocycles. The normalized spacial score (nSPS) is 13.2. The molecule has 2 aliphatic carbocycles. The van der Waals surface area contributed by atoms with Gasteiger partial charge in [-0.05, 0) is 120 Å². The van der Waals surface area contributed by atoms with Crippen LogP contribution in [0.15, 0.2) is 231 Å². The molecule has 0 saturated carbocycles. The third-order valence-electron chi connectivity index (χ3n) is 14.1. The Morgan fingerprint density at radius 3 is 1.32 bits per heavy atom. The van der Waals surface area contributed by atoms with Crippen LogP contribution in [0.4, 0.5) is 17.1 Å². The summed E-state index contributed by atoms with van der Waals surface area (Å²) in [6.45, 7) is 0. The maximum absolute atomic E-state index is 2.55. The van der Waals surface area contributed by atoms with Crippen LogP contribution in [0.5, 0.6) is 0 Å². The average Bonchev–Trinajstić information content (AvgIpc) is 3.97. The lowest BCUT2D eigenvalue weighted by molar-refractivity contribution is 0.793. The number of rotatable bonds is 4. The van der Waals surface area contributed by atoms with Gasteiger partial charge in [0.05, 0.1) is 22.1 Å². The third kappa shape index (κ3) is 4.57. The van der Waals surface area contributed by atoms with Crippen molar-refractivity contribution >= 4 is 71.2 Å². The van der Waals surface area contributed by atoms with Gasteiger partial charge in [0, 0.05) is 33.4 Å². The predicted molar refractivity (Wildman–Crippen MR) is 264 cm³/mol. The van der Waals surface area contributed by atoms with Gasteiger partial charge in [-0.3, -0.25) is 0 Å². The van der Waals surface area contributed by atoms with Crippen LogP contribution in [0.3, 0.4) is 0 Å². The van der Waals surface area contributed by atoms with E-state index in [0.717, 1.165) is 17.1 Å². The van der Waals surface area contributed by atoms with Gasteiger partial charge in [0.15, 0.2) is 0 Å². The van der Waals surface area contributed by atoms with E-state index in [4.69, 9.17) is 0 Å². The monoisotopic (exact) mass is 798 g/mol. The van der Waals surface area contributed by atoms with Crippen LogP contribution >= 0.6 is 0 Å². The van der Waals surface area contributed by atoms with Crippen LogP contribution in [0.1, 0.15) is 22.3 Å². The van der Waals surface area contributed by atoms with E-state index in [0.29, 0.717) is 0 Å². The minimum absolute atomic E-state index is 0.530. The number of hydrogen-bond donors (Lipinski definition) is 0. The van der Waals surface area contributed by atoms with Gasteiger partial charge < -0.3 is 9.47 Å². The summed E-state index contributed by atoms with van der Waals surface area (Å²) >= 11 is 0. The SMILES string of the molecule is c1cc(N(c2ccc3c4ccccc4c4ccccc4c3c2)c2cccc3c2C2(c4ccccc4-c4ccccc42)c2ccccc2-3)cc(-n2c3ccccc3c3ccccc32)c1. The highest BCUT2D eigenvalue weighted by Crippen LogP contribution is 2.65. The Bertz CT molecular complexity index is 3730. The molecule has 0 radical (unpaired) electrons. The third-order valence-corrected chi connectivity index (χ3v) is 14.1. The summed E-state index contributed by atoms with van der Waals surface area (Å²) in [6.07, 6.45) is 0. The molecule has 2 nitrogen and oxygen atoms in total. The van der Waals surface area contributed by atoms with E-state index < -0.39 is 5.41 Å². The maximum Gasteiger partial charge on any atom is 0.0746 e. The molecule has 0 unspecified atom stereocenters. The zero-order valence-corrected chi connectivity index (χ0v) is 34.3. The van der Waals surface area contributed by atoms with Crippen molar-refractivity contribution in [2.24, 2.45) is 0 Å². The van der Waals surface area contributed by atoms with Crippen molar-refractivity contribution in [1.82, 2.24) is 4.57 Å². The number of benzene rings is 11. The highest BCUT2D eigenvalue weighted by atomic mass is 15.2. The highest BCUT2D eigenvalue weighted by molar-refractivity contribution is 6.26. The second-order valence-corrected chi connectivity index (χ2v) is 17.1. The molecule has 2 heteroatoms. The number of anilines is 3. The van der Waals surface area contributed by atoms with Crippen molar-refractivity contribution in [3.63, 3.8) is 0 Å². The minimum atomic E-state index is -0.530. The Labute approximate surface area is 365 Å². The van der Waals surface area contributed by atoms with Gasteiger partial charge in [0.2, 0.25) is 0 Å². The smallest absolute Gasteiger partial charge is 0.0746 e. The molecule has 0 aliphatic heterocycles. The van der Waals surface area contributed by atoms with E-state index >= 15 is 0 Å². The van der Waals surface area contributed by atoms with Gasteiger partial charge in [-0.25, -0.2) is 0 Å². The predicted octanol–water partition coefficient (Wildman–Crippen LogP) is 16.1. The van der Waals surface area contributed by atoms with Crippen LogP contribution < -0.4 is 4.90 Å². The van der Waals surface area contributed by atoms with Crippen LogP contribution in [-0.2, 0) is 5.41 Å². The molecule has 0 amide bonds. The van der Waals surface area contributed by atoms with Crippen molar-refractivity contribution in [1.29, 1.82) is 0 Å². The molecule has 0 N–H and O–H groups in total. The number of para-hydroxylation sites is 2. The van der Waals surface area contributed by atoms with E-state index in [1.165, 1.54) is 104 Å². The van der Waals surface area contributed by atoms with Crippen molar-refractivity contribution in [3.8, 4) is 27.9 Å². The summed E-state index contributed by atoms with van der Waals surface area (Å²) in [7, 11) is 0. The summed E-state index contributed by atoms with van der Waals surface area (Å²) in [5.41, 5.74) is 16.8. The standard InChI is InChI=1S/C61H38N2/c1-2-21-44-42(19-1)43-20-3-4-22-45(43)53-38-41(35-36-46(44)53)62(39-17-15-18-40(37-39)63-57-32-13-8-26-50(57)51-27-9-14-33-58(51)63)59-34-16-28-52-49-25-7-12-31-56(49)61(60(52)59)54-29-10-5-23-47(54)48-24-6-11-30-55(48)61/h1-38H. The Morgan fingerprint density at radius 1 is 0.302 bits per heavy atom. The molecule has 292 valence electrons. The fourth-order valence-electron chi connectivity index (χ4n) is 11.8. The lowest BCUT2D eigenvalue weighted by Gasteiger charge is -2.36. The van der Waals surface area contributed by atoms with Gasteiger partial charge in [-0.1, -0.05) is 182 Å². The van der Waals surface area contributed by atoms with Crippen molar-refractivity contribution in [3.05, 3.63) is 253 Å². The largest absolute Gasteiger partial charge is 0.310 e. The minimum Gasteiger partial charge on any atom is -0.310 e. The number of fused-ring (bicyclic) bond motifs is 19. The molecule has 63 heavy (non-hydrogen) atoms. The first-order chi connectivity index (χ1) is 31.3. The van der Waals surface area contributed by atoms with E-state index in [1.807, 2.05) is 0 Å². The topological polar surface area (TPSA) is 8.17 Å². The van der Waals surface area contributed by atoms with E-state index in [1.54, 1.807) is 0 Å². The van der Waals surface area contributed by atoms with Crippen LogP contribution in [0, 0.1) is 0 Å². The molecule has 0 saturated heterocycles. The Balaban J connectivity index is 1.11. The zero-order valence-electron chi connectivity index (χ0n) is 34.3. The summed E-state index contributed by atoms with van der Waals surface area (Å²) in [5.74, 6) is 0. The second-order valence-electron chi connectivity index (χ2n) is 17.1. The molecule has 2 aliphatic rings. The van der Waals surface area contributed by atoms with Crippen LogP contribution in [0.25, 0.3) is 82.1 Å². The van der Waals surface area contributed by atoms with Crippen LogP contribution in [0.2, 0.25) is 0 Å². The fourth-order valence-corrected chi connectivity index (χ4v) is 11.8. The average molecular weight is 799 g/mol. The first-order valence-electron chi connectivity index (χ1n) is 21.9. The lowest BCUT2D eigenvalue weighted by atomic mass is 9.70. The van der Waals surface area contributed by atoms with Crippen LogP contribution in [-0.4, -0.2) is 4.57 Å². The van der Waals surface area contributed by atoms with E-state index in [2.05, 4.69) is 240 Å². The summed E-state index contributed by atoms with van der Waals surface area (Å²) in [6, 6.07) is 86.0. The van der Waals surface area contributed by atoms with Crippen molar-refractivity contribution in [2.45, 2.75) is 5.41 Å². The summed E-state index contributed by atoms with van der Waals surface area (Å²) < 4.78 is 2.43. The first kappa shape index (κ1) is 34.5. The van der Waals surface area contributed by atoms with Gasteiger partial charge in [-0.2, -0.15) is 0 Å². The molecule has 0 bridgehead atoms. The molecule has 0 fully saturated rings. The van der Waals surface area contributed by atoms with Gasteiger partial charge >= 0.3 is 0 Å². The summed E-state index contributed by atoms with van der Waals surface area (Å²) in [5, 5.41) is 10.1. The second kappa shape index (κ2) is 12.9. The van der Waals surface area contributed by atoms with Gasteiger partial charge in [0.25, 0.3) is 0 Å². The molecular weight excluding hydrogens is 761 g/mol. The Morgan fingerprint density at radius 2 is 0.730 bits per heavy atom. The number of hydrogen-bond acceptors (Lipinski definition) is 1. The molecule has 1 spiro atoms. The quantitative estimate of drug-likeness (QED) is 0.161. The number of aromatic nitrogens is 1. The maximum atomic E-state index is 2.55. The lowest BCUT2D eigenvalue weighted by Crippen LogP contribution is -2.28. The molecular formula is C61H38N2. The van der Waals surface area contributed by atoms with E-state index in [9.17, 15) is 0 Å². The molecule has 12 aromatic rings. The molecule has 14 rings (SSSR count). The Hall–Kier alpha value is -8.20. The fraction of sp³-hybridized carbons (Fsp3) is 0.0164. The zero-order chi connectivity index (χ0) is 41.2. The van der Waals surface area contributed by atoms with E-state index in [-0.39, 0.29) is 0 Å². The van der Waals surface area contributed by atoms with Gasteiger partial charge in [-0.15, -0.1) is 0 Å². The van der Waals surface area contributed by atoms with Gasteiger partial charge in [0.1, 0.15) is 0 Å². The van der Waals surface area contributed by atoms with Crippen molar-refractivity contribution < 1.29 is 0 Å². The highest BCUT2D eigenvalue weighted by Gasteiger charge is 2.53. The molecule has 0 atom stereocenters. The number of nitrogens with zero attached hydrogens (tertiary/aromatic N) is 2. The van der Waals surface area contributed by atoms with Crippen molar-refractivity contribution in [2.75, 3.05) is 4.90 Å².